The van der Waals surface area contributed by atoms with Crippen molar-refractivity contribution in [3.05, 3.63) is 35.6 Å². The molecule has 0 bridgehead atoms. The highest BCUT2D eigenvalue weighted by Crippen LogP contribution is 2.21. The molecule has 1 heterocycles. The summed E-state index contributed by atoms with van der Waals surface area (Å²) in [6.07, 6.45) is 1.34. The van der Waals surface area contributed by atoms with E-state index in [1.807, 2.05) is 0 Å². The lowest BCUT2D eigenvalue weighted by Crippen LogP contribution is -2.35. The van der Waals surface area contributed by atoms with E-state index in [4.69, 9.17) is 4.74 Å². The SMILES string of the molecule is CCC.CN1CCO[C@@H](c2ccc(F)cc2)C1. The molecule has 0 unspecified atom stereocenters. The molecule has 1 aliphatic rings. The van der Waals surface area contributed by atoms with Crippen molar-refractivity contribution in [3.8, 4) is 0 Å². The normalized spacial score (nSPS) is 20.6. The van der Waals surface area contributed by atoms with Crippen molar-refractivity contribution in [2.24, 2.45) is 0 Å². The van der Waals surface area contributed by atoms with Crippen LogP contribution >= 0.6 is 0 Å². The Kier molecular flexibility index (Phi) is 6.16. The molecule has 0 radical (unpaired) electrons. The van der Waals surface area contributed by atoms with Gasteiger partial charge in [0.05, 0.1) is 12.7 Å². The molecular weight excluding hydrogens is 217 g/mol. The van der Waals surface area contributed by atoms with Crippen LogP contribution in [-0.4, -0.2) is 31.6 Å². The summed E-state index contributed by atoms with van der Waals surface area (Å²) in [4.78, 5) is 2.22. The number of nitrogens with zero attached hydrogens (tertiary/aromatic N) is 1. The Morgan fingerprint density at radius 2 is 1.88 bits per heavy atom. The van der Waals surface area contributed by atoms with Crippen LogP contribution in [0.5, 0.6) is 0 Å². The number of halogens is 1. The summed E-state index contributed by atoms with van der Waals surface area (Å²) in [5.41, 5.74) is 1.05. The van der Waals surface area contributed by atoms with Crippen molar-refractivity contribution in [3.63, 3.8) is 0 Å². The summed E-state index contributed by atoms with van der Waals surface area (Å²) in [7, 11) is 2.07. The summed E-state index contributed by atoms with van der Waals surface area (Å²) >= 11 is 0. The Balaban J connectivity index is 0.000000437. The summed E-state index contributed by atoms with van der Waals surface area (Å²) in [6, 6.07) is 6.54. The summed E-state index contributed by atoms with van der Waals surface area (Å²) in [6.45, 7) is 6.85. The number of hydrogen-bond donors (Lipinski definition) is 0. The first-order chi connectivity index (χ1) is 8.17. The molecule has 0 aliphatic carbocycles. The first-order valence-electron chi connectivity index (χ1n) is 6.23. The molecule has 2 rings (SSSR count). The minimum absolute atomic E-state index is 0.0920. The standard InChI is InChI=1S/C11H14FNO.C3H8/c1-13-6-7-14-11(8-13)9-2-4-10(12)5-3-9;1-3-2/h2-5,11H,6-8H2,1H3;3H2,1-2H3/t11-;/m1./s1. The zero-order chi connectivity index (χ0) is 12.7. The van der Waals surface area contributed by atoms with Gasteiger partial charge in [0.1, 0.15) is 5.82 Å². The molecule has 0 saturated carbocycles. The topological polar surface area (TPSA) is 12.5 Å². The molecule has 1 aromatic carbocycles. The predicted octanol–water partition coefficient (Wildman–Crippen LogP) is 3.25. The van der Waals surface area contributed by atoms with Gasteiger partial charge in [0, 0.05) is 13.1 Å². The average molecular weight is 239 g/mol. The minimum atomic E-state index is -0.196. The molecule has 0 amide bonds. The molecule has 1 atom stereocenters. The maximum atomic E-state index is 12.7. The van der Waals surface area contributed by atoms with E-state index in [1.165, 1.54) is 18.6 Å². The van der Waals surface area contributed by atoms with Crippen molar-refractivity contribution in [1.82, 2.24) is 4.90 Å². The van der Waals surface area contributed by atoms with E-state index in [-0.39, 0.29) is 11.9 Å². The molecule has 0 aromatic heterocycles. The van der Waals surface area contributed by atoms with Gasteiger partial charge in [-0.3, -0.25) is 0 Å². The number of benzene rings is 1. The molecule has 1 fully saturated rings. The quantitative estimate of drug-likeness (QED) is 0.746. The number of likely N-dealkylation sites (N-methyl/N-ethyl adjacent to an activating group) is 1. The van der Waals surface area contributed by atoms with Crippen molar-refractivity contribution in [2.75, 3.05) is 26.7 Å². The first-order valence-corrected chi connectivity index (χ1v) is 6.23. The highest BCUT2D eigenvalue weighted by Gasteiger charge is 2.18. The van der Waals surface area contributed by atoms with E-state index >= 15 is 0 Å². The van der Waals surface area contributed by atoms with Crippen LogP contribution in [0.4, 0.5) is 4.39 Å². The molecule has 1 aliphatic heterocycles. The Morgan fingerprint density at radius 3 is 2.41 bits per heavy atom. The number of ether oxygens (including phenoxy) is 1. The van der Waals surface area contributed by atoms with Crippen LogP contribution < -0.4 is 0 Å². The molecule has 96 valence electrons. The molecule has 1 aromatic rings. The van der Waals surface area contributed by atoms with E-state index in [0.29, 0.717) is 0 Å². The largest absolute Gasteiger partial charge is 0.371 e. The highest BCUT2D eigenvalue weighted by atomic mass is 19.1. The molecule has 17 heavy (non-hydrogen) atoms. The third kappa shape index (κ3) is 4.84. The first kappa shape index (κ1) is 14.1. The van der Waals surface area contributed by atoms with Gasteiger partial charge in [-0.1, -0.05) is 32.4 Å². The zero-order valence-corrected chi connectivity index (χ0v) is 10.9. The van der Waals surface area contributed by atoms with Gasteiger partial charge in [-0.25, -0.2) is 4.39 Å². The highest BCUT2D eigenvalue weighted by molar-refractivity contribution is 5.19. The van der Waals surface area contributed by atoms with Crippen molar-refractivity contribution in [2.45, 2.75) is 26.4 Å². The van der Waals surface area contributed by atoms with E-state index in [9.17, 15) is 4.39 Å². The Labute approximate surface area is 103 Å². The van der Waals surface area contributed by atoms with Gasteiger partial charge in [-0.05, 0) is 24.7 Å². The Morgan fingerprint density at radius 1 is 1.29 bits per heavy atom. The Bertz CT molecular complexity index is 313. The van der Waals surface area contributed by atoms with E-state index in [2.05, 4.69) is 25.8 Å². The molecular formula is C14H22FNO. The van der Waals surface area contributed by atoms with Gasteiger partial charge in [0.2, 0.25) is 0 Å². The zero-order valence-electron chi connectivity index (χ0n) is 10.9. The molecule has 0 spiro atoms. The summed E-state index contributed by atoms with van der Waals surface area (Å²) < 4.78 is 18.3. The lowest BCUT2D eigenvalue weighted by atomic mass is 10.1. The van der Waals surface area contributed by atoms with Gasteiger partial charge in [-0.2, -0.15) is 0 Å². The van der Waals surface area contributed by atoms with Crippen molar-refractivity contribution in [1.29, 1.82) is 0 Å². The van der Waals surface area contributed by atoms with E-state index in [1.54, 1.807) is 12.1 Å². The lowest BCUT2D eigenvalue weighted by Gasteiger charge is -2.30. The van der Waals surface area contributed by atoms with Gasteiger partial charge in [-0.15, -0.1) is 0 Å². The monoisotopic (exact) mass is 239 g/mol. The molecule has 1 saturated heterocycles. The smallest absolute Gasteiger partial charge is 0.123 e. The molecule has 2 nitrogen and oxygen atoms in total. The van der Waals surface area contributed by atoms with Crippen LogP contribution in [0.2, 0.25) is 0 Å². The van der Waals surface area contributed by atoms with Crippen LogP contribution in [0.25, 0.3) is 0 Å². The predicted molar refractivity (Wildman–Crippen MR) is 68.6 cm³/mol. The lowest BCUT2D eigenvalue weighted by molar-refractivity contribution is -0.0209. The Hall–Kier alpha value is -0.930. The van der Waals surface area contributed by atoms with Crippen LogP contribution in [0.1, 0.15) is 31.9 Å². The second kappa shape index (κ2) is 7.41. The third-order valence-corrected chi connectivity index (χ3v) is 2.51. The van der Waals surface area contributed by atoms with Crippen molar-refractivity contribution < 1.29 is 9.13 Å². The summed E-state index contributed by atoms with van der Waals surface area (Å²) in [5, 5.41) is 0. The molecule has 0 N–H and O–H groups in total. The van der Waals surface area contributed by atoms with Crippen LogP contribution in [0, 0.1) is 5.82 Å². The summed E-state index contributed by atoms with van der Waals surface area (Å²) in [5.74, 6) is -0.196. The van der Waals surface area contributed by atoms with Crippen LogP contribution in [0.3, 0.4) is 0 Å². The van der Waals surface area contributed by atoms with Crippen LogP contribution in [-0.2, 0) is 4.74 Å². The minimum Gasteiger partial charge on any atom is -0.371 e. The van der Waals surface area contributed by atoms with Gasteiger partial charge in [0.15, 0.2) is 0 Å². The van der Waals surface area contributed by atoms with E-state index < -0.39 is 0 Å². The van der Waals surface area contributed by atoms with Crippen LogP contribution in [0.15, 0.2) is 24.3 Å². The third-order valence-electron chi connectivity index (χ3n) is 2.51. The number of rotatable bonds is 1. The van der Waals surface area contributed by atoms with E-state index in [0.717, 1.165) is 25.3 Å². The fourth-order valence-electron chi connectivity index (χ4n) is 1.66. The second-order valence-electron chi connectivity index (χ2n) is 4.38. The van der Waals surface area contributed by atoms with Gasteiger partial charge >= 0.3 is 0 Å². The average Bonchev–Trinajstić information content (AvgIpc) is 2.31. The van der Waals surface area contributed by atoms with Crippen molar-refractivity contribution >= 4 is 0 Å². The van der Waals surface area contributed by atoms with Gasteiger partial charge < -0.3 is 9.64 Å². The maximum absolute atomic E-state index is 12.7. The second-order valence-corrected chi connectivity index (χ2v) is 4.38. The van der Waals surface area contributed by atoms with Gasteiger partial charge in [0.25, 0.3) is 0 Å². The number of hydrogen-bond acceptors (Lipinski definition) is 2. The fraction of sp³-hybridized carbons (Fsp3) is 0.571. The fourth-order valence-corrected chi connectivity index (χ4v) is 1.66. The molecule has 3 heteroatoms. The maximum Gasteiger partial charge on any atom is 0.123 e. The number of morpholine rings is 1.